The van der Waals surface area contributed by atoms with Crippen LogP contribution in [0.1, 0.15) is 16.1 Å². The number of carbonyl (C=O) groups is 1. The predicted octanol–water partition coefficient (Wildman–Crippen LogP) is 1.25. The molecule has 0 aliphatic rings. The van der Waals surface area contributed by atoms with E-state index < -0.39 is 5.91 Å². The third-order valence-corrected chi connectivity index (χ3v) is 2.30. The fourth-order valence-electron chi connectivity index (χ4n) is 1.41. The zero-order valence-electron chi connectivity index (χ0n) is 10.3. The Hall–Kier alpha value is -2.76. The highest BCUT2D eigenvalue weighted by atomic mass is 16.5. The van der Waals surface area contributed by atoms with Gasteiger partial charge in [0.25, 0.3) is 5.91 Å². The minimum absolute atomic E-state index is 0.208. The lowest BCUT2D eigenvalue weighted by atomic mass is 10.2. The topological polar surface area (TPSA) is 76.5 Å². The summed E-state index contributed by atoms with van der Waals surface area (Å²) in [7, 11) is 1.57. The number of methoxy groups -OCH3 is 1. The van der Waals surface area contributed by atoms with Gasteiger partial charge in [-0.05, 0) is 12.1 Å². The summed E-state index contributed by atoms with van der Waals surface area (Å²) in [5, 5.41) is 3.85. The summed E-state index contributed by atoms with van der Waals surface area (Å²) < 4.78 is 5.16. The second-order valence-corrected chi connectivity index (χ2v) is 3.53. The van der Waals surface area contributed by atoms with Crippen LogP contribution in [0.2, 0.25) is 0 Å². The van der Waals surface area contributed by atoms with Crippen molar-refractivity contribution in [3.63, 3.8) is 0 Å². The lowest BCUT2D eigenvalue weighted by Crippen LogP contribution is -2.19. The highest BCUT2D eigenvalue weighted by molar-refractivity contribution is 5.93. The molecule has 1 aromatic heterocycles. The van der Waals surface area contributed by atoms with Gasteiger partial charge in [-0.15, -0.1) is 0 Å². The monoisotopic (exact) mass is 256 g/mol. The molecular formula is C13H12N4O2. The summed E-state index contributed by atoms with van der Waals surface area (Å²) in [5.74, 6) is 0.263. The highest BCUT2D eigenvalue weighted by Gasteiger charge is 2.04. The van der Waals surface area contributed by atoms with Crippen molar-refractivity contribution in [3.05, 3.63) is 54.1 Å². The van der Waals surface area contributed by atoms with Gasteiger partial charge >= 0.3 is 0 Å². The maximum atomic E-state index is 11.6. The van der Waals surface area contributed by atoms with Crippen molar-refractivity contribution in [2.75, 3.05) is 7.11 Å². The van der Waals surface area contributed by atoms with Crippen molar-refractivity contribution in [1.82, 2.24) is 15.4 Å². The molecule has 0 bridgehead atoms. The number of para-hydroxylation sites is 1. The summed E-state index contributed by atoms with van der Waals surface area (Å²) in [5.41, 5.74) is 3.35. The zero-order chi connectivity index (χ0) is 13.5. The molecule has 0 spiro atoms. The van der Waals surface area contributed by atoms with Crippen LogP contribution in [0.3, 0.4) is 0 Å². The van der Waals surface area contributed by atoms with Crippen molar-refractivity contribution in [2.45, 2.75) is 0 Å². The van der Waals surface area contributed by atoms with Gasteiger partial charge < -0.3 is 4.74 Å². The lowest BCUT2D eigenvalue weighted by Gasteiger charge is -2.03. The Morgan fingerprint density at radius 2 is 2.21 bits per heavy atom. The first-order chi connectivity index (χ1) is 9.31. The lowest BCUT2D eigenvalue weighted by molar-refractivity contribution is 0.0949. The van der Waals surface area contributed by atoms with E-state index in [0.717, 1.165) is 5.56 Å². The molecule has 6 nitrogen and oxygen atoms in total. The molecule has 6 heteroatoms. The number of hydrogen-bond acceptors (Lipinski definition) is 5. The normalized spacial score (nSPS) is 10.4. The number of carbonyl (C=O) groups excluding carboxylic acids is 1. The second kappa shape index (κ2) is 6.25. The van der Waals surface area contributed by atoms with Gasteiger partial charge in [-0.2, -0.15) is 5.10 Å². The third kappa shape index (κ3) is 3.35. The van der Waals surface area contributed by atoms with Crippen LogP contribution in [0, 0.1) is 0 Å². The SMILES string of the molecule is COc1ccccc1/C=N/NC(=O)c1cnccn1. The Morgan fingerprint density at radius 3 is 2.95 bits per heavy atom. The number of benzene rings is 1. The largest absolute Gasteiger partial charge is 0.496 e. The van der Waals surface area contributed by atoms with Gasteiger partial charge in [0.05, 0.1) is 19.5 Å². The second-order valence-electron chi connectivity index (χ2n) is 3.53. The van der Waals surface area contributed by atoms with E-state index >= 15 is 0 Å². The first-order valence-corrected chi connectivity index (χ1v) is 5.53. The Morgan fingerprint density at radius 1 is 1.37 bits per heavy atom. The van der Waals surface area contributed by atoms with Gasteiger partial charge in [-0.3, -0.25) is 9.78 Å². The fraction of sp³-hybridized carbons (Fsp3) is 0.0769. The number of hydrazone groups is 1. The van der Waals surface area contributed by atoms with E-state index in [4.69, 9.17) is 4.74 Å². The van der Waals surface area contributed by atoms with Gasteiger partial charge in [0.2, 0.25) is 0 Å². The molecule has 2 rings (SSSR count). The molecule has 1 N–H and O–H groups in total. The predicted molar refractivity (Wildman–Crippen MR) is 70.1 cm³/mol. The summed E-state index contributed by atoms with van der Waals surface area (Å²) in [6, 6.07) is 7.35. The number of aromatic nitrogens is 2. The fourth-order valence-corrected chi connectivity index (χ4v) is 1.41. The average molecular weight is 256 g/mol. The average Bonchev–Trinajstić information content (AvgIpc) is 2.48. The molecule has 0 radical (unpaired) electrons. The van der Waals surface area contributed by atoms with Crippen LogP contribution in [0.25, 0.3) is 0 Å². The van der Waals surface area contributed by atoms with Gasteiger partial charge in [0.15, 0.2) is 0 Å². The zero-order valence-corrected chi connectivity index (χ0v) is 10.3. The standard InChI is InChI=1S/C13H12N4O2/c1-19-12-5-3-2-4-10(12)8-16-17-13(18)11-9-14-6-7-15-11/h2-9H,1H3,(H,17,18)/b16-8+. The Balaban J connectivity index is 2.02. The number of rotatable bonds is 4. The molecule has 0 atom stereocenters. The van der Waals surface area contributed by atoms with E-state index in [1.165, 1.54) is 24.8 Å². The molecule has 1 aromatic carbocycles. The number of nitrogens with zero attached hydrogens (tertiary/aromatic N) is 3. The molecule has 96 valence electrons. The van der Waals surface area contributed by atoms with Crippen molar-refractivity contribution in [1.29, 1.82) is 0 Å². The van der Waals surface area contributed by atoms with E-state index in [2.05, 4.69) is 20.5 Å². The van der Waals surface area contributed by atoms with Gasteiger partial charge in [-0.25, -0.2) is 10.4 Å². The number of ether oxygens (including phenoxy) is 1. The molecule has 19 heavy (non-hydrogen) atoms. The third-order valence-electron chi connectivity index (χ3n) is 2.30. The molecular weight excluding hydrogens is 244 g/mol. The van der Waals surface area contributed by atoms with Crippen molar-refractivity contribution < 1.29 is 9.53 Å². The highest BCUT2D eigenvalue weighted by Crippen LogP contribution is 2.14. The van der Waals surface area contributed by atoms with Gasteiger partial charge in [-0.1, -0.05) is 12.1 Å². The van der Waals surface area contributed by atoms with Crippen molar-refractivity contribution >= 4 is 12.1 Å². The maximum Gasteiger partial charge on any atom is 0.291 e. The smallest absolute Gasteiger partial charge is 0.291 e. The summed E-state index contributed by atoms with van der Waals surface area (Å²) in [6.07, 6.45) is 5.81. The number of hydrogen-bond donors (Lipinski definition) is 1. The Labute approximate surface area is 110 Å². The molecule has 0 fully saturated rings. The summed E-state index contributed by atoms with van der Waals surface area (Å²) in [6.45, 7) is 0. The Kier molecular flexibility index (Phi) is 4.17. The van der Waals surface area contributed by atoms with Crippen LogP contribution in [-0.4, -0.2) is 29.2 Å². The van der Waals surface area contributed by atoms with Crippen LogP contribution < -0.4 is 10.2 Å². The van der Waals surface area contributed by atoms with E-state index in [-0.39, 0.29) is 5.69 Å². The van der Waals surface area contributed by atoms with Crippen LogP contribution in [-0.2, 0) is 0 Å². The maximum absolute atomic E-state index is 11.6. The number of amides is 1. The van der Waals surface area contributed by atoms with Crippen LogP contribution >= 0.6 is 0 Å². The minimum atomic E-state index is -0.417. The molecule has 0 aliphatic carbocycles. The first kappa shape index (κ1) is 12.7. The summed E-state index contributed by atoms with van der Waals surface area (Å²) in [4.78, 5) is 19.3. The quantitative estimate of drug-likeness (QED) is 0.659. The van der Waals surface area contributed by atoms with Crippen LogP contribution in [0.15, 0.2) is 48.0 Å². The van der Waals surface area contributed by atoms with Crippen molar-refractivity contribution in [3.8, 4) is 5.75 Å². The molecule has 1 heterocycles. The minimum Gasteiger partial charge on any atom is -0.496 e. The van der Waals surface area contributed by atoms with E-state index in [0.29, 0.717) is 5.75 Å². The van der Waals surface area contributed by atoms with Crippen LogP contribution in [0.4, 0.5) is 0 Å². The first-order valence-electron chi connectivity index (χ1n) is 5.53. The van der Waals surface area contributed by atoms with Gasteiger partial charge in [0, 0.05) is 18.0 Å². The Bertz CT molecular complexity index is 584. The van der Waals surface area contributed by atoms with Gasteiger partial charge in [0.1, 0.15) is 11.4 Å². The van der Waals surface area contributed by atoms with E-state index in [1.807, 2.05) is 24.3 Å². The molecule has 0 saturated heterocycles. The van der Waals surface area contributed by atoms with Crippen molar-refractivity contribution in [2.24, 2.45) is 5.10 Å². The molecule has 0 saturated carbocycles. The van der Waals surface area contributed by atoms with Crippen LogP contribution in [0.5, 0.6) is 5.75 Å². The van der Waals surface area contributed by atoms with E-state index in [9.17, 15) is 4.79 Å². The molecule has 0 aliphatic heterocycles. The molecule has 2 aromatic rings. The molecule has 1 amide bonds. The molecule has 0 unspecified atom stereocenters. The number of nitrogens with one attached hydrogen (secondary N) is 1. The summed E-state index contributed by atoms with van der Waals surface area (Å²) >= 11 is 0. The van der Waals surface area contributed by atoms with E-state index in [1.54, 1.807) is 7.11 Å².